The molecule has 112 valence electrons. The Bertz CT molecular complexity index is 378. The molecule has 0 unspecified atom stereocenters. The number of carbonyl (C=O) groups excluding carboxylic acids is 4. The Morgan fingerprint density at radius 2 is 1.85 bits per heavy atom. The smallest absolute Gasteiger partial charge is 0.311 e. The average Bonchev–Trinajstić information content (AvgIpc) is 2.46. The predicted octanol–water partition coefficient (Wildman–Crippen LogP) is -2.04. The second kappa shape index (κ2) is 8.13. The van der Waals surface area contributed by atoms with E-state index in [9.17, 15) is 19.2 Å². The third kappa shape index (κ3) is 4.87. The second-order valence-electron chi connectivity index (χ2n) is 4.65. The molecule has 0 aliphatic carbocycles. The fourth-order valence-electron chi connectivity index (χ4n) is 2.04. The second-order valence-corrected chi connectivity index (χ2v) is 4.65. The third-order valence-electron chi connectivity index (χ3n) is 3.25. The van der Waals surface area contributed by atoms with Crippen molar-refractivity contribution in [3.63, 3.8) is 0 Å². The van der Waals surface area contributed by atoms with E-state index in [0.717, 1.165) is 0 Å². The van der Waals surface area contributed by atoms with Gasteiger partial charge < -0.3 is 21.3 Å². The van der Waals surface area contributed by atoms with Gasteiger partial charge in [0.25, 0.3) is 0 Å². The molecule has 1 aliphatic heterocycles. The lowest BCUT2D eigenvalue weighted by Gasteiger charge is -2.29. The summed E-state index contributed by atoms with van der Waals surface area (Å²) < 4.78 is 0. The first kappa shape index (κ1) is 15.9. The molecule has 0 radical (unpaired) electrons. The van der Waals surface area contributed by atoms with E-state index >= 15 is 0 Å². The van der Waals surface area contributed by atoms with Crippen molar-refractivity contribution in [3.8, 4) is 0 Å². The molecule has 0 aromatic carbocycles. The monoisotopic (exact) mass is 284 g/mol. The highest BCUT2D eigenvalue weighted by Crippen LogP contribution is 2.16. The van der Waals surface area contributed by atoms with Crippen LogP contribution in [0.3, 0.4) is 0 Å². The maximum absolute atomic E-state index is 11.8. The summed E-state index contributed by atoms with van der Waals surface area (Å²) >= 11 is 0. The van der Waals surface area contributed by atoms with Gasteiger partial charge in [-0.1, -0.05) is 0 Å². The fraction of sp³-hybridized carbons (Fsp3) is 0.667. The topological polar surface area (TPSA) is 122 Å². The van der Waals surface area contributed by atoms with Gasteiger partial charge in [0.1, 0.15) is 0 Å². The maximum atomic E-state index is 11.8. The first-order valence-electron chi connectivity index (χ1n) is 6.59. The van der Waals surface area contributed by atoms with Gasteiger partial charge in [0, 0.05) is 32.1 Å². The Morgan fingerprint density at radius 1 is 1.20 bits per heavy atom. The molecule has 8 heteroatoms. The summed E-state index contributed by atoms with van der Waals surface area (Å²) in [5.41, 5.74) is 5.20. The molecular weight excluding hydrogens is 264 g/mol. The van der Waals surface area contributed by atoms with Crippen LogP contribution in [-0.4, -0.2) is 55.2 Å². The van der Waals surface area contributed by atoms with Crippen molar-refractivity contribution in [1.29, 1.82) is 0 Å². The van der Waals surface area contributed by atoms with Crippen LogP contribution in [0.5, 0.6) is 0 Å². The molecule has 20 heavy (non-hydrogen) atoms. The molecule has 1 saturated heterocycles. The summed E-state index contributed by atoms with van der Waals surface area (Å²) in [5, 5.41) is 4.95. The zero-order valence-electron chi connectivity index (χ0n) is 11.3. The molecule has 4 N–H and O–H groups in total. The lowest BCUT2D eigenvalue weighted by Crippen LogP contribution is -2.48. The minimum Gasteiger partial charge on any atom is -0.369 e. The molecule has 0 saturated carbocycles. The lowest BCUT2D eigenvalue weighted by atomic mass is 9.96. The molecule has 1 heterocycles. The number of nitrogens with one attached hydrogen (secondary N) is 2. The summed E-state index contributed by atoms with van der Waals surface area (Å²) in [6.45, 7) is 1.50. The highest BCUT2D eigenvalue weighted by molar-refractivity contribution is 6.35. The number of likely N-dealkylation sites (tertiary alicyclic amines) is 1. The molecular formula is C12H20N4O4. The van der Waals surface area contributed by atoms with Gasteiger partial charge in [0.15, 0.2) is 0 Å². The van der Waals surface area contributed by atoms with E-state index < -0.39 is 11.8 Å². The summed E-state index contributed by atoms with van der Waals surface area (Å²) in [7, 11) is 0. The Labute approximate surface area is 117 Å². The third-order valence-corrected chi connectivity index (χ3v) is 3.25. The minimum atomic E-state index is -0.659. The van der Waals surface area contributed by atoms with Crippen LogP contribution in [-0.2, 0) is 19.2 Å². The molecule has 4 amide bonds. The van der Waals surface area contributed by atoms with Crippen molar-refractivity contribution >= 4 is 24.1 Å². The quantitative estimate of drug-likeness (QED) is 0.295. The van der Waals surface area contributed by atoms with E-state index in [1.165, 1.54) is 4.90 Å². The molecule has 0 aromatic rings. The van der Waals surface area contributed by atoms with E-state index in [-0.39, 0.29) is 11.8 Å². The Kier molecular flexibility index (Phi) is 6.48. The van der Waals surface area contributed by atoms with E-state index in [4.69, 9.17) is 5.73 Å². The number of rotatable bonds is 6. The Morgan fingerprint density at radius 3 is 2.40 bits per heavy atom. The van der Waals surface area contributed by atoms with Crippen LogP contribution < -0.4 is 16.4 Å². The van der Waals surface area contributed by atoms with Crippen LogP contribution in [0.1, 0.15) is 19.3 Å². The van der Waals surface area contributed by atoms with Gasteiger partial charge in [-0.05, 0) is 19.3 Å². The number of nitrogens with zero attached hydrogens (tertiary/aromatic N) is 1. The van der Waals surface area contributed by atoms with Crippen molar-refractivity contribution < 1.29 is 19.2 Å². The zero-order chi connectivity index (χ0) is 15.0. The van der Waals surface area contributed by atoms with Crippen molar-refractivity contribution in [1.82, 2.24) is 15.5 Å². The van der Waals surface area contributed by atoms with Gasteiger partial charge in [-0.3, -0.25) is 19.2 Å². The summed E-state index contributed by atoms with van der Waals surface area (Å²) in [6.07, 6.45) is 2.13. The van der Waals surface area contributed by atoms with Crippen molar-refractivity contribution in [2.75, 3.05) is 26.2 Å². The minimum absolute atomic E-state index is 0.212. The van der Waals surface area contributed by atoms with Crippen LogP contribution in [0, 0.1) is 5.92 Å². The summed E-state index contributed by atoms with van der Waals surface area (Å²) in [5.74, 6) is -1.81. The van der Waals surface area contributed by atoms with Crippen molar-refractivity contribution in [3.05, 3.63) is 0 Å². The van der Waals surface area contributed by atoms with E-state index in [2.05, 4.69) is 10.6 Å². The van der Waals surface area contributed by atoms with Crippen molar-refractivity contribution in [2.45, 2.75) is 19.3 Å². The number of hydrogen-bond acceptors (Lipinski definition) is 4. The molecule has 1 rings (SSSR count). The predicted molar refractivity (Wildman–Crippen MR) is 70.2 cm³/mol. The van der Waals surface area contributed by atoms with Crippen molar-refractivity contribution in [2.24, 2.45) is 11.7 Å². The van der Waals surface area contributed by atoms with Crippen LogP contribution in [0.4, 0.5) is 0 Å². The first-order valence-corrected chi connectivity index (χ1v) is 6.59. The molecule has 8 nitrogen and oxygen atoms in total. The standard InChI is InChI=1S/C12H20N4O4/c13-10(18)9-2-6-16(7-3-9)12(20)11(19)15-5-1-4-14-8-17/h8-9H,1-7H2,(H2,13,18)(H,14,17)(H,15,19). The normalized spacial score (nSPS) is 15.5. The van der Waals surface area contributed by atoms with Gasteiger partial charge >= 0.3 is 11.8 Å². The van der Waals surface area contributed by atoms with Crippen LogP contribution in [0.15, 0.2) is 0 Å². The number of hydrogen-bond donors (Lipinski definition) is 3. The van der Waals surface area contributed by atoms with Crippen LogP contribution >= 0.6 is 0 Å². The van der Waals surface area contributed by atoms with Crippen LogP contribution in [0.2, 0.25) is 0 Å². The van der Waals surface area contributed by atoms with Gasteiger partial charge in [0.2, 0.25) is 12.3 Å². The molecule has 0 aromatic heterocycles. The molecule has 1 fully saturated rings. The number of primary amides is 1. The zero-order valence-corrected chi connectivity index (χ0v) is 11.3. The fourth-order valence-corrected chi connectivity index (χ4v) is 2.04. The van der Waals surface area contributed by atoms with Crippen LogP contribution in [0.25, 0.3) is 0 Å². The van der Waals surface area contributed by atoms with Gasteiger partial charge in [-0.25, -0.2) is 0 Å². The average molecular weight is 284 g/mol. The SMILES string of the molecule is NC(=O)C1CCN(C(=O)C(=O)NCCCNC=O)CC1. The maximum Gasteiger partial charge on any atom is 0.311 e. The highest BCUT2D eigenvalue weighted by Gasteiger charge is 2.28. The molecule has 1 aliphatic rings. The molecule has 0 bridgehead atoms. The lowest BCUT2D eigenvalue weighted by molar-refractivity contribution is -0.147. The summed E-state index contributed by atoms with van der Waals surface area (Å²) in [4.78, 5) is 45.9. The first-order chi connectivity index (χ1) is 9.56. The van der Waals surface area contributed by atoms with E-state index in [1.54, 1.807) is 0 Å². The van der Waals surface area contributed by atoms with E-state index in [0.29, 0.717) is 51.9 Å². The number of amides is 4. The van der Waals surface area contributed by atoms with Gasteiger partial charge in [0.05, 0.1) is 0 Å². The molecule has 0 spiro atoms. The number of carbonyl (C=O) groups is 4. The van der Waals surface area contributed by atoms with Gasteiger partial charge in [-0.2, -0.15) is 0 Å². The summed E-state index contributed by atoms with van der Waals surface area (Å²) in [6, 6.07) is 0. The van der Waals surface area contributed by atoms with Gasteiger partial charge in [-0.15, -0.1) is 0 Å². The van der Waals surface area contributed by atoms with E-state index in [1.807, 2.05) is 0 Å². The number of piperidine rings is 1. The molecule has 0 atom stereocenters. The Balaban J connectivity index is 2.26. The number of nitrogens with two attached hydrogens (primary N) is 1. The highest BCUT2D eigenvalue weighted by atomic mass is 16.2. The largest absolute Gasteiger partial charge is 0.369 e. The Hall–Kier alpha value is -2.12.